The number of carbonyl (C=O) groups is 2. The van der Waals surface area contributed by atoms with E-state index in [0.29, 0.717) is 22.9 Å². The van der Waals surface area contributed by atoms with Crippen LogP contribution in [0.5, 0.6) is 5.75 Å². The lowest BCUT2D eigenvalue weighted by molar-refractivity contribution is 0.102. The molecule has 0 atom stereocenters. The molecule has 0 spiro atoms. The summed E-state index contributed by atoms with van der Waals surface area (Å²) in [5.41, 5.74) is 0.450. The minimum Gasteiger partial charge on any atom is -0.497 e. The van der Waals surface area contributed by atoms with E-state index in [2.05, 4.69) is 0 Å². The van der Waals surface area contributed by atoms with Crippen molar-refractivity contribution in [3.05, 3.63) is 65.4 Å². The number of benzene rings is 2. The lowest BCUT2D eigenvalue weighted by Crippen LogP contribution is -2.18. The minimum absolute atomic E-state index is 0.0573. The fourth-order valence-corrected chi connectivity index (χ4v) is 3.82. The van der Waals surface area contributed by atoms with Gasteiger partial charge in [-0.1, -0.05) is 18.2 Å². The predicted molar refractivity (Wildman–Crippen MR) is 94.0 cm³/mol. The summed E-state index contributed by atoms with van der Waals surface area (Å²) in [6, 6.07) is 12.8. The number of fused-ring (bicyclic) bond motifs is 1. The van der Waals surface area contributed by atoms with Gasteiger partial charge < -0.3 is 4.74 Å². The molecule has 0 aliphatic carbocycles. The van der Waals surface area contributed by atoms with E-state index >= 15 is 0 Å². The molecule has 0 aliphatic rings. The van der Waals surface area contributed by atoms with Gasteiger partial charge in [-0.05, 0) is 30.3 Å². The Morgan fingerprint density at radius 1 is 1.08 bits per heavy atom. The van der Waals surface area contributed by atoms with Gasteiger partial charge in [0.05, 0.1) is 24.4 Å². The van der Waals surface area contributed by atoms with Crippen LogP contribution in [0.15, 0.2) is 48.5 Å². The first-order valence-electron chi connectivity index (χ1n) is 7.36. The molecule has 0 fully saturated rings. The Bertz CT molecular complexity index is 1080. The van der Waals surface area contributed by atoms with E-state index in [-0.39, 0.29) is 16.8 Å². The number of aromatic nitrogens is 1. The van der Waals surface area contributed by atoms with Crippen LogP contribution < -0.4 is 4.74 Å². The number of ether oxygens (including phenoxy) is 1. The van der Waals surface area contributed by atoms with Gasteiger partial charge in [0.25, 0.3) is 0 Å². The van der Waals surface area contributed by atoms with Gasteiger partial charge in [0, 0.05) is 10.9 Å². The Kier molecular flexibility index (Phi) is 4.18. The third-order valence-electron chi connectivity index (χ3n) is 3.89. The maximum absolute atomic E-state index is 13.0. The maximum Gasteiger partial charge on any atom is 0.236 e. The molecule has 1 aromatic heterocycles. The summed E-state index contributed by atoms with van der Waals surface area (Å²) < 4.78 is 30.6. The van der Waals surface area contributed by atoms with Crippen LogP contribution in [0.1, 0.15) is 26.4 Å². The van der Waals surface area contributed by atoms with Gasteiger partial charge in [-0.2, -0.15) is 0 Å². The predicted octanol–water partition coefficient (Wildman–Crippen LogP) is 2.50. The maximum atomic E-state index is 13.0. The summed E-state index contributed by atoms with van der Waals surface area (Å²) in [5.74, 6) is 0.0159. The van der Waals surface area contributed by atoms with Crippen LogP contribution in [-0.4, -0.2) is 37.8 Å². The molecule has 25 heavy (non-hydrogen) atoms. The highest BCUT2D eigenvalue weighted by Crippen LogP contribution is 2.28. The summed E-state index contributed by atoms with van der Waals surface area (Å²) in [6.07, 6.45) is 1.51. The van der Waals surface area contributed by atoms with Crippen LogP contribution in [0.3, 0.4) is 0 Å². The zero-order valence-corrected chi connectivity index (χ0v) is 14.4. The summed E-state index contributed by atoms with van der Waals surface area (Å²) in [7, 11) is -2.30. The second-order valence-corrected chi connectivity index (χ2v) is 7.31. The molecule has 0 saturated heterocycles. The first-order chi connectivity index (χ1) is 11.9. The number of para-hydroxylation sites is 1. The Morgan fingerprint density at radius 2 is 1.72 bits per heavy atom. The van der Waals surface area contributed by atoms with E-state index in [1.165, 1.54) is 19.2 Å². The van der Waals surface area contributed by atoms with Crippen LogP contribution in [0.4, 0.5) is 0 Å². The van der Waals surface area contributed by atoms with E-state index < -0.39 is 15.8 Å². The van der Waals surface area contributed by atoms with E-state index in [1.807, 2.05) is 0 Å². The molecule has 7 heteroatoms. The van der Waals surface area contributed by atoms with Gasteiger partial charge >= 0.3 is 0 Å². The molecular weight excluding hydrogens is 342 g/mol. The third kappa shape index (κ3) is 2.83. The van der Waals surface area contributed by atoms with Crippen molar-refractivity contribution >= 4 is 33.0 Å². The molecule has 3 aromatic rings. The van der Waals surface area contributed by atoms with Crippen LogP contribution in [0, 0.1) is 0 Å². The molecule has 3 rings (SSSR count). The molecule has 0 N–H and O–H groups in total. The quantitative estimate of drug-likeness (QED) is 0.517. The standard InChI is InChI=1S/C18H15NO5S/c1-24-13-9-7-12(8-10-13)18(21)17-15(11-20)14-5-3-4-6-16(14)19(17)25(2,22)23/h3-11H,1-2H3. The fourth-order valence-electron chi connectivity index (χ4n) is 2.79. The molecule has 0 amide bonds. The average Bonchev–Trinajstić information content (AvgIpc) is 2.95. The number of rotatable bonds is 5. The Balaban J connectivity index is 2.34. The Morgan fingerprint density at radius 3 is 2.28 bits per heavy atom. The Labute approximate surface area is 144 Å². The Hall–Kier alpha value is -2.93. The normalized spacial score (nSPS) is 11.4. The fraction of sp³-hybridized carbons (Fsp3) is 0.111. The van der Waals surface area contributed by atoms with Crippen molar-refractivity contribution < 1.29 is 22.7 Å². The summed E-state index contributed by atoms with van der Waals surface area (Å²) in [6.45, 7) is 0. The van der Waals surface area contributed by atoms with Gasteiger partial charge in [-0.15, -0.1) is 0 Å². The summed E-state index contributed by atoms with van der Waals surface area (Å²) in [5, 5.41) is 0.416. The number of ketones is 1. The van der Waals surface area contributed by atoms with E-state index in [0.717, 1.165) is 10.2 Å². The molecule has 2 aromatic carbocycles. The lowest BCUT2D eigenvalue weighted by Gasteiger charge is -2.09. The van der Waals surface area contributed by atoms with Crippen LogP contribution in [0.2, 0.25) is 0 Å². The molecule has 0 radical (unpaired) electrons. The minimum atomic E-state index is -3.80. The van der Waals surface area contributed by atoms with Crippen molar-refractivity contribution in [2.24, 2.45) is 0 Å². The van der Waals surface area contributed by atoms with Crippen molar-refractivity contribution in [2.75, 3.05) is 13.4 Å². The third-order valence-corrected chi connectivity index (χ3v) is 4.93. The molecule has 1 heterocycles. The van der Waals surface area contributed by atoms with Gasteiger partial charge in [0.1, 0.15) is 11.4 Å². The summed E-state index contributed by atoms with van der Waals surface area (Å²) in [4.78, 5) is 24.6. The SMILES string of the molecule is COc1ccc(C(=O)c2c(C=O)c3ccccc3n2S(C)(=O)=O)cc1. The molecule has 0 saturated carbocycles. The van der Waals surface area contributed by atoms with Crippen molar-refractivity contribution in [3.8, 4) is 5.75 Å². The van der Waals surface area contributed by atoms with Crippen molar-refractivity contribution in [2.45, 2.75) is 0 Å². The zero-order valence-electron chi connectivity index (χ0n) is 13.6. The first kappa shape index (κ1) is 16.9. The topological polar surface area (TPSA) is 82.4 Å². The van der Waals surface area contributed by atoms with Crippen LogP contribution in [0.25, 0.3) is 10.9 Å². The molecule has 0 bridgehead atoms. The monoisotopic (exact) mass is 357 g/mol. The van der Waals surface area contributed by atoms with Crippen molar-refractivity contribution in [3.63, 3.8) is 0 Å². The first-order valence-corrected chi connectivity index (χ1v) is 9.21. The van der Waals surface area contributed by atoms with E-state index in [4.69, 9.17) is 4.74 Å². The van der Waals surface area contributed by atoms with E-state index in [9.17, 15) is 18.0 Å². The average molecular weight is 357 g/mol. The lowest BCUT2D eigenvalue weighted by atomic mass is 10.0. The number of aldehydes is 1. The van der Waals surface area contributed by atoms with E-state index in [1.54, 1.807) is 36.4 Å². The van der Waals surface area contributed by atoms with Crippen LogP contribution in [-0.2, 0) is 10.0 Å². The molecular formula is C18H15NO5S. The molecule has 128 valence electrons. The molecule has 0 aliphatic heterocycles. The summed E-state index contributed by atoms with van der Waals surface area (Å²) >= 11 is 0. The zero-order chi connectivity index (χ0) is 18.2. The van der Waals surface area contributed by atoms with Gasteiger partial charge in [-0.25, -0.2) is 12.4 Å². The van der Waals surface area contributed by atoms with Gasteiger partial charge in [0.15, 0.2) is 6.29 Å². The number of hydrogen-bond acceptors (Lipinski definition) is 5. The van der Waals surface area contributed by atoms with Crippen LogP contribution >= 0.6 is 0 Å². The number of methoxy groups -OCH3 is 1. The highest BCUT2D eigenvalue weighted by Gasteiger charge is 2.27. The highest BCUT2D eigenvalue weighted by molar-refractivity contribution is 7.89. The van der Waals surface area contributed by atoms with Crippen molar-refractivity contribution in [1.29, 1.82) is 0 Å². The molecule has 0 unspecified atom stereocenters. The second-order valence-electron chi connectivity index (χ2n) is 5.48. The number of nitrogens with zero attached hydrogens (tertiary/aromatic N) is 1. The second kappa shape index (κ2) is 6.18. The van der Waals surface area contributed by atoms with Gasteiger partial charge in [-0.3, -0.25) is 9.59 Å². The smallest absolute Gasteiger partial charge is 0.236 e. The van der Waals surface area contributed by atoms with Crippen molar-refractivity contribution in [1.82, 2.24) is 3.97 Å². The molecule has 6 nitrogen and oxygen atoms in total. The largest absolute Gasteiger partial charge is 0.497 e. The highest BCUT2D eigenvalue weighted by atomic mass is 32.2. The van der Waals surface area contributed by atoms with Gasteiger partial charge in [0.2, 0.25) is 15.8 Å². The number of carbonyl (C=O) groups excluding carboxylic acids is 2. The number of hydrogen-bond donors (Lipinski definition) is 0.